The van der Waals surface area contributed by atoms with Crippen molar-refractivity contribution in [2.45, 2.75) is 26.2 Å². The lowest BCUT2D eigenvalue weighted by Crippen LogP contribution is -1.88. The fraction of sp³-hybridized carbons (Fsp3) is 0.286. The molecule has 0 saturated heterocycles. The van der Waals surface area contributed by atoms with Crippen LogP contribution in [-0.2, 0) is 12.8 Å². The first-order chi connectivity index (χ1) is 7.34. The molecule has 0 amide bonds. The largest absolute Gasteiger partial charge is 0.469 e. The van der Waals surface area contributed by atoms with E-state index in [4.69, 9.17) is 4.42 Å². The van der Waals surface area contributed by atoms with Crippen molar-refractivity contribution in [1.82, 2.24) is 0 Å². The molecule has 0 radical (unpaired) electrons. The minimum atomic E-state index is 1.03. The second-order valence-corrected chi connectivity index (χ2v) is 3.92. The van der Waals surface area contributed by atoms with Gasteiger partial charge in [-0.25, -0.2) is 0 Å². The zero-order valence-corrected chi connectivity index (χ0v) is 9.07. The number of hydrogen-bond acceptors (Lipinski definition) is 1. The van der Waals surface area contributed by atoms with E-state index in [-0.39, 0.29) is 0 Å². The molecule has 0 spiro atoms. The Labute approximate surface area is 90.7 Å². The van der Waals surface area contributed by atoms with Gasteiger partial charge in [0, 0.05) is 6.42 Å². The molecule has 0 aliphatic rings. The molecule has 0 fully saturated rings. The third-order valence-electron chi connectivity index (χ3n) is 2.59. The van der Waals surface area contributed by atoms with E-state index in [1.54, 1.807) is 6.26 Å². The van der Waals surface area contributed by atoms with E-state index in [9.17, 15) is 0 Å². The Hall–Kier alpha value is -1.50. The highest BCUT2D eigenvalue weighted by atomic mass is 16.3. The summed E-state index contributed by atoms with van der Waals surface area (Å²) in [5, 5.41) is 0. The second-order valence-electron chi connectivity index (χ2n) is 3.92. The van der Waals surface area contributed by atoms with Gasteiger partial charge in [0.25, 0.3) is 0 Å². The summed E-state index contributed by atoms with van der Waals surface area (Å²) in [5.41, 5.74) is 2.73. The lowest BCUT2D eigenvalue weighted by Gasteiger charge is -2.00. The van der Waals surface area contributed by atoms with Gasteiger partial charge < -0.3 is 4.42 Å². The number of benzene rings is 1. The van der Waals surface area contributed by atoms with E-state index in [0.717, 1.165) is 25.0 Å². The number of furan rings is 1. The summed E-state index contributed by atoms with van der Waals surface area (Å²) in [4.78, 5) is 0. The number of aryl methyl sites for hydroxylation is 3. The predicted molar refractivity (Wildman–Crippen MR) is 61.9 cm³/mol. The van der Waals surface area contributed by atoms with Gasteiger partial charge in [0.1, 0.15) is 5.76 Å². The maximum absolute atomic E-state index is 5.29. The van der Waals surface area contributed by atoms with Crippen molar-refractivity contribution in [3.63, 3.8) is 0 Å². The van der Waals surface area contributed by atoms with Crippen molar-refractivity contribution < 1.29 is 4.42 Å². The van der Waals surface area contributed by atoms with Crippen LogP contribution in [0.3, 0.4) is 0 Å². The fourth-order valence-corrected chi connectivity index (χ4v) is 1.68. The summed E-state index contributed by atoms with van der Waals surface area (Å²) in [6.07, 6.45) is 5.04. The highest BCUT2D eigenvalue weighted by molar-refractivity contribution is 5.21. The van der Waals surface area contributed by atoms with E-state index in [1.165, 1.54) is 11.1 Å². The standard InChI is InChI=1S/C14H16O/c1-12-7-9-13(10-8-12)4-2-5-14-6-3-11-15-14/h3,6-11H,2,4-5H2,1H3. The van der Waals surface area contributed by atoms with Crippen LogP contribution in [0.15, 0.2) is 47.1 Å². The third-order valence-corrected chi connectivity index (χ3v) is 2.59. The Balaban J connectivity index is 1.81. The summed E-state index contributed by atoms with van der Waals surface area (Å²) >= 11 is 0. The molecule has 0 atom stereocenters. The lowest BCUT2D eigenvalue weighted by molar-refractivity contribution is 0.502. The molecule has 15 heavy (non-hydrogen) atoms. The Bertz CT molecular complexity index is 384. The molecule has 1 aromatic heterocycles. The van der Waals surface area contributed by atoms with Crippen molar-refractivity contribution in [3.8, 4) is 0 Å². The highest BCUT2D eigenvalue weighted by Gasteiger charge is 1.97. The molecule has 1 heterocycles. The highest BCUT2D eigenvalue weighted by Crippen LogP contribution is 2.09. The van der Waals surface area contributed by atoms with Crippen LogP contribution in [0.1, 0.15) is 23.3 Å². The Kier molecular flexibility index (Phi) is 3.23. The fourth-order valence-electron chi connectivity index (χ4n) is 1.68. The van der Waals surface area contributed by atoms with Crippen LogP contribution < -0.4 is 0 Å². The number of rotatable bonds is 4. The molecule has 0 N–H and O–H groups in total. The molecular formula is C14H16O. The van der Waals surface area contributed by atoms with Crippen LogP contribution in [0.2, 0.25) is 0 Å². The molecule has 2 aromatic rings. The molecule has 1 heteroatoms. The molecular weight excluding hydrogens is 184 g/mol. The second kappa shape index (κ2) is 4.83. The summed E-state index contributed by atoms with van der Waals surface area (Å²) < 4.78 is 5.29. The monoisotopic (exact) mass is 200 g/mol. The summed E-state index contributed by atoms with van der Waals surface area (Å²) in [6.45, 7) is 2.12. The van der Waals surface area contributed by atoms with Crippen molar-refractivity contribution in [3.05, 3.63) is 59.5 Å². The Morgan fingerprint density at radius 2 is 1.80 bits per heavy atom. The van der Waals surface area contributed by atoms with Crippen molar-refractivity contribution in [1.29, 1.82) is 0 Å². The van der Waals surface area contributed by atoms with Gasteiger partial charge in [-0.05, 0) is 37.5 Å². The van der Waals surface area contributed by atoms with Gasteiger partial charge in [-0.1, -0.05) is 29.8 Å². The van der Waals surface area contributed by atoms with Gasteiger partial charge in [-0.15, -0.1) is 0 Å². The van der Waals surface area contributed by atoms with E-state index in [1.807, 2.05) is 12.1 Å². The molecule has 1 nitrogen and oxygen atoms in total. The van der Waals surface area contributed by atoms with Crippen LogP contribution >= 0.6 is 0 Å². The van der Waals surface area contributed by atoms with Gasteiger partial charge >= 0.3 is 0 Å². The zero-order chi connectivity index (χ0) is 10.5. The average molecular weight is 200 g/mol. The molecule has 0 saturated carbocycles. The van der Waals surface area contributed by atoms with Crippen molar-refractivity contribution in [2.75, 3.05) is 0 Å². The summed E-state index contributed by atoms with van der Waals surface area (Å²) in [6, 6.07) is 12.7. The molecule has 0 unspecified atom stereocenters. The molecule has 0 aliphatic carbocycles. The van der Waals surface area contributed by atoms with E-state index < -0.39 is 0 Å². The van der Waals surface area contributed by atoms with Gasteiger partial charge in [0.2, 0.25) is 0 Å². The summed E-state index contributed by atoms with van der Waals surface area (Å²) in [5.74, 6) is 1.09. The molecule has 0 bridgehead atoms. The quantitative estimate of drug-likeness (QED) is 0.732. The van der Waals surface area contributed by atoms with Crippen LogP contribution in [0.25, 0.3) is 0 Å². The van der Waals surface area contributed by atoms with Gasteiger partial charge in [-0.2, -0.15) is 0 Å². The maximum Gasteiger partial charge on any atom is 0.103 e. The first-order valence-electron chi connectivity index (χ1n) is 5.42. The zero-order valence-electron chi connectivity index (χ0n) is 9.07. The minimum Gasteiger partial charge on any atom is -0.469 e. The minimum absolute atomic E-state index is 1.03. The van der Waals surface area contributed by atoms with Gasteiger partial charge in [0.05, 0.1) is 6.26 Å². The third kappa shape index (κ3) is 2.98. The number of hydrogen-bond donors (Lipinski definition) is 0. The van der Waals surface area contributed by atoms with Crippen molar-refractivity contribution >= 4 is 0 Å². The van der Waals surface area contributed by atoms with Crippen LogP contribution in [-0.4, -0.2) is 0 Å². The summed E-state index contributed by atoms with van der Waals surface area (Å²) in [7, 11) is 0. The Morgan fingerprint density at radius 1 is 1.00 bits per heavy atom. The lowest BCUT2D eigenvalue weighted by atomic mass is 10.1. The van der Waals surface area contributed by atoms with Crippen LogP contribution in [0.5, 0.6) is 0 Å². The van der Waals surface area contributed by atoms with Gasteiger partial charge in [-0.3, -0.25) is 0 Å². The van der Waals surface area contributed by atoms with E-state index in [0.29, 0.717) is 0 Å². The average Bonchev–Trinajstić information content (AvgIpc) is 2.74. The van der Waals surface area contributed by atoms with Crippen LogP contribution in [0.4, 0.5) is 0 Å². The predicted octanol–water partition coefficient (Wildman–Crippen LogP) is 3.76. The topological polar surface area (TPSA) is 13.1 Å². The first kappa shape index (κ1) is 10.0. The molecule has 0 aliphatic heterocycles. The molecule has 78 valence electrons. The van der Waals surface area contributed by atoms with E-state index >= 15 is 0 Å². The van der Waals surface area contributed by atoms with Gasteiger partial charge in [0.15, 0.2) is 0 Å². The molecule has 1 aromatic carbocycles. The SMILES string of the molecule is Cc1ccc(CCCc2ccco2)cc1. The smallest absolute Gasteiger partial charge is 0.103 e. The first-order valence-corrected chi connectivity index (χ1v) is 5.42. The van der Waals surface area contributed by atoms with Crippen molar-refractivity contribution in [2.24, 2.45) is 0 Å². The van der Waals surface area contributed by atoms with Crippen LogP contribution in [0, 0.1) is 6.92 Å². The Morgan fingerprint density at radius 3 is 2.47 bits per heavy atom. The van der Waals surface area contributed by atoms with E-state index in [2.05, 4.69) is 31.2 Å². The normalized spacial score (nSPS) is 10.5. The molecule has 2 rings (SSSR count). The maximum atomic E-state index is 5.29.